The summed E-state index contributed by atoms with van der Waals surface area (Å²) in [4.78, 5) is 0. The molecule has 0 saturated heterocycles. The molecule has 66 valence electrons. The number of hydrogen-bond donors (Lipinski definition) is 2. The van der Waals surface area contributed by atoms with Crippen molar-refractivity contribution in [1.29, 1.82) is 0 Å². The highest BCUT2D eigenvalue weighted by molar-refractivity contribution is 5.24. The maximum Gasteiger partial charge on any atom is 0.0681 e. The molecule has 0 aromatic heterocycles. The first-order valence-corrected chi connectivity index (χ1v) is 4.23. The van der Waals surface area contributed by atoms with Gasteiger partial charge in [0.2, 0.25) is 0 Å². The van der Waals surface area contributed by atoms with E-state index in [0.717, 1.165) is 17.5 Å². The number of benzene rings is 1. The normalized spacial score (nSPS) is 12.9. The largest absolute Gasteiger partial charge is 0.392 e. The molecule has 3 N–H and O–H groups in total. The standard InChI is InChI=1S/C10H15NO/c1-2-10(11)9-5-3-8(7-12)4-6-9/h3-6,10,12H,2,7,11H2,1H3/t10-/m0/s1. The maximum absolute atomic E-state index is 8.79. The van der Waals surface area contributed by atoms with Gasteiger partial charge in [-0.3, -0.25) is 0 Å². The van der Waals surface area contributed by atoms with Crippen molar-refractivity contribution in [2.45, 2.75) is 26.0 Å². The van der Waals surface area contributed by atoms with Crippen LogP contribution in [-0.2, 0) is 6.61 Å². The van der Waals surface area contributed by atoms with E-state index in [9.17, 15) is 0 Å². The van der Waals surface area contributed by atoms with Crippen LogP contribution in [0, 0.1) is 0 Å². The van der Waals surface area contributed by atoms with E-state index in [1.807, 2.05) is 24.3 Å². The molecular weight excluding hydrogens is 150 g/mol. The third-order valence-corrected chi connectivity index (χ3v) is 2.03. The molecule has 1 atom stereocenters. The fourth-order valence-electron chi connectivity index (χ4n) is 1.11. The minimum absolute atomic E-state index is 0.0989. The van der Waals surface area contributed by atoms with Crippen molar-refractivity contribution in [3.63, 3.8) is 0 Å². The molecule has 0 heterocycles. The zero-order valence-electron chi connectivity index (χ0n) is 7.33. The summed E-state index contributed by atoms with van der Waals surface area (Å²) < 4.78 is 0. The molecule has 0 unspecified atom stereocenters. The lowest BCUT2D eigenvalue weighted by Gasteiger charge is -2.08. The topological polar surface area (TPSA) is 46.2 Å². The first-order valence-electron chi connectivity index (χ1n) is 4.23. The quantitative estimate of drug-likeness (QED) is 0.714. The van der Waals surface area contributed by atoms with Crippen LogP contribution >= 0.6 is 0 Å². The molecule has 2 heteroatoms. The SMILES string of the molecule is CC[C@H](N)c1ccc(CO)cc1. The van der Waals surface area contributed by atoms with Crippen LogP contribution in [0.5, 0.6) is 0 Å². The van der Waals surface area contributed by atoms with Crippen molar-refractivity contribution in [3.8, 4) is 0 Å². The molecule has 1 aromatic carbocycles. The lowest BCUT2D eigenvalue weighted by atomic mass is 10.0. The van der Waals surface area contributed by atoms with Gasteiger partial charge in [-0.25, -0.2) is 0 Å². The van der Waals surface area contributed by atoms with E-state index in [0.29, 0.717) is 0 Å². The van der Waals surface area contributed by atoms with Gasteiger partial charge in [0, 0.05) is 6.04 Å². The van der Waals surface area contributed by atoms with E-state index in [-0.39, 0.29) is 12.6 Å². The van der Waals surface area contributed by atoms with Crippen molar-refractivity contribution in [2.75, 3.05) is 0 Å². The van der Waals surface area contributed by atoms with Gasteiger partial charge in [-0.05, 0) is 17.5 Å². The van der Waals surface area contributed by atoms with E-state index in [4.69, 9.17) is 10.8 Å². The second kappa shape index (κ2) is 4.24. The van der Waals surface area contributed by atoms with Crippen molar-refractivity contribution in [3.05, 3.63) is 35.4 Å². The van der Waals surface area contributed by atoms with Crippen LogP contribution in [0.2, 0.25) is 0 Å². The van der Waals surface area contributed by atoms with Crippen LogP contribution in [0.3, 0.4) is 0 Å². The summed E-state index contributed by atoms with van der Waals surface area (Å²) in [6, 6.07) is 7.88. The predicted molar refractivity (Wildman–Crippen MR) is 49.6 cm³/mol. The van der Waals surface area contributed by atoms with Crippen LogP contribution < -0.4 is 5.73 Å². The zero-order valence-corrected chi connectivity index (χ0v) is 7.33. The fourth-order valence-corrected chi connectivity index (χ4v) is 1.11. The van der Waals surface area contributed by atoms with Gasteiger partial charge in [-0.2, -0.15) is 0 Å². The summed E-state index contributed by atoms with van der Waals surface area (Å²) in [7, 11) is 0. The Bertz CT molecular complexity index is 230. The highest BCUT2D eigenvalue weighted by Gasteiger charge is 2.01. The Morgan fingerprint density at radius 3 is 2.33 bits per heavy atom. The molecular formula is C10H15NO. The number of rotatable bonds is 3. The monoisotopic (exact) mass is 165 g/mol. The molecule has 0 amide bonds. The van der Waals surface area contributed by atoms with Crippen molar-refractivity contribution in [2.24, 2.45) is 5.73 Å². The lowest BCUT2D eigenvalue weighted by Crippen LogP contribution is -2.08. The van der Waals surface area contributed by atoms with Crippen molar-refractivity contribution < 1.29 is 5.11 Å². The first kappa shape index (κ1) is 9.23. The minimum atomic E-state index is 0.0989. The zero-order chi connectivity index (χ0) is 8.97. The van der Waals surface area contributed by atoms with Crippen molar-refractivity contribution >= 4 is 0 Å². The molecule has 2 nitrogen and oxygen atoms in total. The summed E-state index contributed by atoms with van der Waals surface area (Å²) in [5.74, 6) is 0. The summed E-state index contributed by atoms with van der Waals surface area (Å²) in [6.45, 7) is 2.16. The van der Waals surface area contributed by atoms with Gasteiger partial charge in [-0.1, -0.05) is 31.2 Å². The third-order valence-electron chi connectivity index (χ3n) is 2.03. The summed E-state index contributed by atoms with van der Waals surface area (Å²) >= 11 is 0. The van der Waals surface area contributed by atoms with Gasteiger partial charge in [0.1, 0.15) is 0 Å². The Kier molecular flexibility index (Phi) is 3.26. The summed E-state index contributed by atoms with van der Waals surface area (Å²) in [5.41, 5.74) is 7.89. The Morgan fingerprint density at radius 2 is 1.92 bits per heavy atom. The number of hydrogen-bond acceptors (Lipinski definition) is 2. The molecule has 0 aliphatic carbocycles. The molecule has 0 bridgehead atoms. The third kappa shape index (κ3) is 2.06. The van der Waals surface area contributed by atoms with E-state index in [1.54, 1.807) is 0 Å². The first-order chi connectivity index (χ1) is 5.77. The minimum Gasteiger partial charge on any atom is -0.392 e. The fraction of sp³-hybridized carbons (Fsp3) is 0.400. The molecule has 0 fully saturated rings. The molecule has 0 radical (unpaired) electrons. The molecule has 1 rings (SSSR count). The van der Waals surface area contributed by atoms with Crippen LogP contribution in [0.1, 0.15) is 30.5 Å². The number of nitrogens with two attached hydrogens (primary N) is 1. The average Bonchev–Trinajstić information content (AvgIpc) is 2.17. The molecule has 12 heavy (non-hydrogen) atoms. The summed E-state index contributed by atoms with van der Waals surface area (Å²) in [5, 5.41) is 8.79. The Balaban J connectivity index is 2.77. The average molecular weight is 165 g/mol. The van der Waals surface area contributed by atoms with Gasteiger partial charge in [0.05, 0.1) is 6.61 Å². The number of aliphatic hydroxyl groups excluding tert-OH is 1. The van der Waals surface area contributed by atoms with Crippen molar-refractivity contribution in [1.82, 2.24) is 0 Å². The van der Waals surface area contributed by atoms with Gasteiger partial charge in [-0.15, -0.1) is 0 Å². The highest BCUT2D eigenvalue weighted by Crippen LogP contribution is 2.13. The van der Waals surface area contributed by atoms with E-state index < -0.39 is 0 Å². The predicted octanol–water partition coefficient (Wildman–Crippen LogP) is 1.59. The van der Waals surface area contributed by atoms with Crippen LogP contribution in [0.4, 0.5) is 0 Å². The second-order valence-electron chi connectivity index (χ2n) is 2.91. The maximum atomic E-state index is 8.79. The highest BCUT2D eigenvalue weighted by atomic mass is 16.3. The van der Waals surface area contributed by atoms with Crippen LogP contribution in [-0.4, -0.2) is 5.11 Å². The molecule has 0 aliphatic heterocycles. The molecule has 0 aliphatic rings. The smallest absolute Gasteiger partial charge is 0.0681 e. The molecule has 0 spiro atoms. The number of aliphatic hydroxyl groups is 1. The summed E-state index contributed by atoms with van der Waals surface area (Å²) in [6.07, 6.45) is 0.943. The van der Waals surface area contributed by atoms with Gasteiger partial charge >= 0.3 is 0 Å². The van der Waals surface area contributed by atoms with Crippen LogP contribution in [0.25, 0.3) is 0 Å². The molecule has 0 saturated carbocycles. The van der Waals surface area contributed by atoms with Gasteiger partial charge in [0.25, 0.3) is 0 Å². The van der Waals surface area contributed by atoms with Gasteiger partial charge in [0.15, 0.2) is 0 Å². The van der Waals surface area contributed by atoms with E-state index in [1.165, 1.54) is 0 Å². The van der Waals surface area contributed by atoms with Gasteiger partial charge < -0.3 is 10.8 Å². The van der Waals surface area contributed by atoms with Crippen LogP contribution in [0.15, 0.2) is 24.3 Å². The second-order valence-corrected chi connectivity index (χ2v) is 2.91. The molecule has 1 aromatic rings. The van der Waals surface area contributed by atoms with E-state index in [2.05, 4.69) is 6.92 Å². The van der Waals surface area contributed by atoms with E-state index >= 15 is 0 Å². The lowest BCUT2D eigenvalue weighted by molar-refractivity contribution is 0.282. The Hall–Kier alpha value is -0.860. The Morgan fingerprint density at radius 1 is 1.33 bits per heavy atom. The Labute approximate surface area is 73.0 Å².